The van der Waals surface area contributed by atoms with E-state index in [0.717, 1.165) is 27.8 Å². The molecule has 0 bridgehead atoms. The van der Waals surface area contributed by atoms with E-state index >= 15 is 0 Å². The fourth-order valence-electron chi connectivity index (χ4n) is 5.85. The van der Waals surface area contributed by atoms with Gasteiger partial charge in [0.25, 0.3) is 0 Å². The largest absolute Gasteiger partial charge is 0.488 e. The van der Waals surface area contributed by atoms with Crippen LogP contribution in [0, 0.1) is 0 Å². The number of halogens is 2. The van der Waals surface area contributed by atoms with Crippen molar-refractivity contribution in [3.05, 3.63) is 128 Å². The number of aliphatic hydroxyl groups is 2. The van der Waals surface area contributed by atoms with Crippen molar-refractivity contribution >= 4 is 23.2 Å². The van der Waals surface area contributed by atoms with Gasteiger partial charge in [-0.15, -0.1) is 0 Å². The van der Waals surface area contributed by atoms with Crippen molar-refractivity contribution in [1.29, 1.82) is 0 Å². The van der Waals surface area contributed by atoms with E-state index in [0.29, 0.717) is 53.4 Å². The SMILES string of the molecule is CN(C)CC1(O)c2cc(Cl)ccc2COc2ccccc21.CN(C)CC1(O)c2ccccc2COc2ccc(Cl)cc21. The van der Waals surface area contributed by atoms with Gasteiger partial charge < -0.3 is 29.5 Å². The molecular formula is C34H36Cl2N2O4. The maximum atomic E-state index is 11.5. The Labute approximate surface area is 257 Å². The number of ether oxygens (including phenoxy) is 2. The molecule has 0 saturated carbocycles. The highest BCUT2D eigenvalue weighted by atomic mass is 35.5. The molecule has 0 fully saturated rings. The molecule has 2 unspecified atom stereocenters. The molecule has 4 aromatic rings. The second-order valence-electron chi connectivity index (χ2n) is 11.4. The predicted molar refractivity (Wildman–Crippen MR) is 168 cm³/mol. The Balaban J connectivity index is 0.000000168. The summed E-state index contributed by atoms with van der Waals surface area (Å²) in [5.41, 5.74) is 2.85. The van der Waals surface area contributed by atoms with Crippen molar-refractivity contribution in [3.8, 4) is 11.5 Å². The average Bonchev–Trinajstić information content (AvgIpc) is 3.14. The highest BCUT2D eigenvalue weighted by Gasteiger charge is 2.40. The first-order chi connectivity index (χ1) is 20.0. The third kappa shape index (κ3) is 6.02. The zero-order valence-electron chi connectivity index (χ0n) is 24.3. The van der Waals surface area contributed by atoms with E-state index in [2.05, 4.69) is 0 Å². The molecule has 0 amide bonds. The molecule has 0 spiro atoms. The molecule has 4 aromatic carbocycles. The predicted octanol–water partition coefficient (Wildman–Crippen LogP) is 6.06. The van der Waals surface area contributed by atoms with Crippen molar-refractivity contribution in [2.45, 2.75) is 24.4 Å². The Hall–Kier alpha value is -3.10. The van der Waals surface area contributed by atoms with Crippen molar-refractivity contribution < 1.29 is 19.7 Å². The first-order valence-electron chi connectivity index (χ1n) is 13.8. The van der Waals surface area contributed by atoms with Crippen LogP contribution in [0.5, 0.6) is 11.5 Å². The minimum Gasteiger partial charge on any atom is -0.488 e. The number of nitrogens with zero attached hydrogens (tertiary/aromatic N) is 2. The Bertz CT molecular complexity index is 1460. The van der Waals surface area contributed by atoms with Gasteiger partial charge in [0, 0.05) is 34.3 Å². The molecule has 0 aromatic heterocycles. The van der Waals surface area contributed by atoms with Crippen LogP contribution >= 0.6 is 23.2 Å². The maximum Gasteiger partial charge on any atom is 0.131 e. The number of hydrogen-bond acceptors (Lipinski definition) is 6. The van der Waals surface area contributed by atoms with Crippen LogP contribution in [0.25, 0.3) is 0 Å². The van der Waals surface area contributed by atoms with Crippen molar-refractivity contribution in [2.75, 3.05) is 41.3 Å². The van der Waals surface area contributed by atoms with E-state index in [-0.39, 0.29) is 0 Å². The number of hydrogen-bond donors (Lipinski definition) is 2. The van der Waals surface area contributed by atoms with Crippen LogP contribution in [0.2, 0.25) is 10.0 Å². The second kappa shape index (κ2) is 12.3. The van der Waals surface area contributed by atoms with Gasteiger partial charge in [0.05, 0.1) is 0 Å². The van der Waals surface area contributed by atoms with E-state index < -0.39 is 11.2 Å². The van der Waals surface area contributed by atoms with E-state index in [1.54, 1.807) is 12.1 Å². The molecule has 2 heterocycles. The summed E-state index contributed by atoms with van der Waals surface area (Å²) in [5, 5.41) is 24.1. The van der Waals surface area contributed by atoms with E-state index in [1.165, 1.54) is 0 Å². The molecule has 8 heteroatoms. The lowest BCUT2D eigenvalue weighted by Crippen LogP contribution is -2.39. The Morgan fingerprint density at radius 2 is 1.07 bits per heavy atom. The first-order valence-corrected chi connectivity index (χ1v) is 14.5. The normalized spacial score (nSPS) is 20.4. The number of rotatable bonds is 4. The maximum absolute atomic E-state index is 11.5. The van der Waals surface area contributed by atoms with E-state index in [1.807, 2.05) is 111 Å². The molecule has 2 atom stereocenters. The Morgan fingerprint density at radius 1 is 0.595 bits per heavy atom. The fraction of sp³-hybridized carbons (Fsp3) is 0.294. The summed E-state index contributed by atoms with van der Waals surface area (Å²) in [7, 11) is 7.76. The van der Waals surface area contributed by atoms with Gasteiger partial charge in [0.2, 0.25) is 0 Å². The molecule has 6 nitrogen and oxygen atoms in total. The summed E-state index contributed by atoms with van der Waals surface area (Å²) < 4.78 is 11.7. The Morgan fingerprint density at radius 3 is 1.71 bits per heavy atom. The smallest absolute Gasteiger partial charge is 0.131 e. The highest BCUT2D eigenvalue weighted by molar-refractivity contribution is 6.31. The number of para-hydroxylation sites is 1. The van der Waals surface area contributed by atoms with Crippen LogP contribution in [-0.4, -0.2) is 61.3 Å². The lowest BCUT2D eigenvalue weighted by molar-refractivity contribution is 0.0504. The molecule has 2 N–H and O–H groups in total. The third-order valence-corrected chi connectivity index (χ3v) is 8.03. The van der Waals surface area contributed by atoms with Crippen molar-refractivity contribution in [2.24, 2.45) is 0 Å². The molecule has 42 heavy (non-hydrogen) atoms. The molecular weight excluding hydrogens is 571 g/mol. The minimum absolute atomic E-state index is 0.430. The van der Waals surface area contributed by atoms with Gasteiger partial charge in [0.15, 0.2) is 0 Å². The van der Waals surface area contributed by atoms with Crippen LogP contribution in [-0.2, 0) is 24.4 Å². The average molecular weight is 608 g/mol. The van der Waals surface area contributed by atoms with Crippen LogP contribution < -0.4 is 9.47 Å². The molecule has 0 aliphatic carbocycles. The number of benzene rings is 4. The summed E-state index contributed by atoms with van der Waals surface area (Å²) >= 11 is 12.3. The molecule has 6 rings (SSSR count). The summed E-state index contributed by atoms with van der Waals surface area (Å²) in [6, 6.07) is 26.5. The molecule has 2 aliphatic rings. The van der Waals surface area contributed by atoms with Gasteiger partial charge in [-0.25, -0.2) is 0 Å². The number of likely N-dealkylation sites (N-methyl/N-ethyl adjacent to an activating group) is 2. The van der Waals surface area contributed by atoms with Crippen molar-refractivity contribution in [1.82, 2.24) is 9.80 Å². The number of fused-ring (bicyclic) bond motifs is 4. The summed E-state index contributed by atoms with van der Waals surface area (Å²) in [6.45, 7) is 1.79. The minimum atomic E-state index is -1.14. The van der Waals surface area contributed by atoms with Crippen molar-refractivity contribution in [3.63, 3.8) is 0 Å². The van der Waals surface area contributed by atoms with Gasteiger partial charge >= 0.3 is 0 Å². The quantitative estimate of drug-likeness (QED) is 0.294. The monoisotopic (exact) mass is 606 g/mol. The van der Waals surface area contributed by atoms with Crippen LogP contribution in [0.1, 0.15) is 33.4 Å². The van der Waals surface area contributed by atoms with Gasteiger partial charge in [-0.2, -0.15) is 0 Å². The zero-order chi connectivity index (χ0) is 30.1. The van der Waals surface area contributed by atoms with Gasteiger partial charge in [-0.3, -0.25) is 0 Å². The van der Waals surface area contributed by atoms with Gasteiger partial charge in [-0.05, 0) is 86.8 Å². The van der Waals surface area contributed by atoms with Crippen LogP contribution in [0.15, 0.2) is 84.9 Å². The third-order valence-electron chi connectivity index (χ3n) is 7.56. The molecule has 2 aliphatic heterocycles. The topological polar surface area (TPSA) is 65.4 Å². The van der Waals surface area contributed by atoms with E-state index in [4.69, 9.17) is 32.7 Å². The van der Waals surface area contributed by atoms with E-state index in [9.17, 15) is 10.2 Å². The lowest BCUT2D eigenvalue weighted by Gasteiger charge is -2.32. The zero-order valence-corrected chi connectivity index (χ0v) is 25.8. The second-order valence-corrected chi connectivity index (χ2v) is 12.2. The Kier molecular flexibility index (Phi) is 8.86. The van der Waals surface area contributed by atoms with Gasteiger partial charge in [-0.1, -0.05) is 71.7 Å². The van der Waals surface area contributed by atoms with Gasteiger partial charge in [0.1, 0.15) is 35.9 Å². The summed E-state index contributed by atoms with van der Waals surface area (Å²) in [6.07, 6.45) is 0. The van der Waals surface area contributed by atoms with Crippen LogP contribution in [0.4, 0.5) is 0 Å². The fourth-order valence-corrected chi connectivity index (χ4v) is 6.20. The summed E-state index contributed by atoms with van der Waals surface area (Å²) in [5.74, 6) is 1.40. The highest BCUT2D eigenvalue weighted by Crippen LogP contribution is 2.43. The summed E-state index contributed by atoms with van der Waals surface area (Å²) in [4.78, 5) is 3.93. The first kappa shape index (κ1) is 30.4. The van der Waals surface area contributed by atoms with Crippen LogP contribution in [0.3, 0.4) is 0 Å². The standard InChI is InChI=1S/2C17H18ClNO2/c1-19(2)11-17(20)14-5-3-4-6-16(14)21-10-12-7-8-13(18)9-15(12)17;1-19(2)11-17(20)14-6-4-3-5-12(14)10-21-16-8-7-13(18)9-15(16)17/h2*3-9,20H,10-11H2,1-2H3. The molecule has 0 saturated heterocycles. The lowest BCUT2D eigenvalue weighted by atomic mass is 9.83. The molecule has 0 radical (unpaired) electrons. The molecule has 220 valence electrons.